The summed E-state index contributed by atoms with van der Waals surface area (Å²) in [7, 11) is 0. The monoisotopic (exact) mass is 320 g/mol. The number of likely N-dealkylation sites (tertiary alicyclic amines) is 1. The maximum absolute atomic E-state index is 12.6. The molecule has 0 aromatic heterocycles. The number of rotatable bonds is 2. The first-order valence-electron chi connectivity index (χ1n) is 8.04. The molecule has 0 spiro atoms. The second-order valence-electron chi connectivity index (χ2n) is 6.04. The standard InChI is InChI=1S/C19H16N2O3/c22-17(20-10-3-4-11-20)13-6-5-7-14(12-13)21-18(23)15-8-1-2-9-16(15)19(21)24/h1-2,5-9,12H,3-4,10-11H2. The Labute approximate surface area is 139 Å². The van der Waals surface area contributed by atoms with Crippen LogP contribution in [0.25, 0.3) is 0 Å². The summed E-state index contributed by atoms with van der Waals surface area (Å²) in [5.41, 5.74) is 1.75. The van der Waals surface area contributed by atoms with E-state index in [1.807, 2.05) is 4.90 Å². The molecule has 1 saturated heterocycles. The summed E-state index contributed by atoms with van der Waals surface area (Å²) >= 11 is 0. The molecular formula is C19H16N2O3. The highest BCUT2D eigenvalue weighted by molar-refractivity contribution is 6.34. The maximum Gasteiger partial charge on any atom is 0.266 e. The summed E-state index contributed by atoms with van der Waals surface area (Å²) in [5, 5.41) is 0. The fourth-order valence-corrected chi connectivity index (χ4v) is 3.30. The maximum atomic E-state index is 12.6. The highest BCUT2D eigenvalue weighted by atomic mass is 16.2. The molecule has 2 aromatic rings. The first-order chi connectivity index (χ1) is 11.7. The summed E-state index contributed by atoms with van der Waals surface area (Å²) in [6, 6.07) is 13.5. The Morgan fingerprint density at radius 3 is 2.08 bits per heavy atom. The summed E-state index contributed by atoms with van der Waals surface area (Å²) in [6.45, 7) is 1.52. The van der Waals surface area contributed by atoms with Crippen molar-refractivity contribution in [1.82, 2.24) is 4.90 Å². The van der Waals surface area contributed by atoms with Gasteiger partial charge < -0.3 is 4.90 Å². The van der Waals surface area contributed by atoms with E-state index in [9.17, 15) is 14.4 Å². The Balaban J connectivity index is 1.68. The number of hydrogen-bond donors (Lipinski definition) is 0. The number of benzene rings is 2. The molecular weight excluding hydrogens is 304 g/mol. The van der Waals surface area contributed by atoms with Gasteiger partial charge in [0.25, 0.3) is 17.7 Å². The SMILES string of the molecule is O=C(c1cccc(N2C(=O)c3ccccc3C2=O)c1)N1CCCC1. The Morgan fingerprint density at radius 2 is 1.46 bits per heavy atom. The van der Waals surface area contributed by atoms with E-state index in [4.69, 9.17) is 0 Å². The molecule has 2 aliphatic heterocycles. The zero-order valence-electron chi connectivity index (χ0n) is 13.1. The van der Waals surface area contributed by atoms with Crippen molar-refractivity contribution in [3.8, 4) is 0 Å². The van der Waals surface area contributed by atoms with Crippen LogP contribution in [0.5, 0.6) is 0 Å². The van der Waals surface area contributed by atoms with E-state index in [1.165, 1.54) is 0 Å². The Hall–Kier alpha value is -2.95. The topological polar surface area (TPSA) is 57.7 Å². The lowest BCUT2D eigenvalue weighted by atomic mass is 10.1. The molecule has 5 heteroatoms. The minimum Gasteiger partial charge on any atom is -0.339 e. The lowest BCUT2D eigenvalue weighted by Crippen LogP contribution is -2.30. The van der Waals surface area contributed by atoms with Crippen molar-refractivity contribution >= 4 is 23.4 Å². The number of amides is 3. The predicted molar refractivity (Wildman–Crippen MR) is 89.2 cm³/mol. The zero-order valence-corrected chi connectivity index (χ0v) is 13.1. The van der Waals surface area contributed by atoms with Gasteiger partial charge in [-0.2, -0.15) is 0 Å². The molecule has 5 nitrogen and oxygen atoms in total. The van der Waals surface area contributed by atoms with Gasteiger partial charge in [0.2, 0.25) is 0 Å². The number of carbonyl (C=O) groups is 3. The number of fused-ring (bicyclic) bond motifs is 1. The minimum absolute atomic E-state index is 0.0500. The van der Waals surface area contributed by atoms with Crippen molar-refractivity contribution in [2.45, 2.75) is 12.8 Å². The van der Waals surface area contributed by atoms with Gasteiger partial charge in [-0.25, -0.2) is 4.90 Å². The largest absolute Gasteiger partial charge is 0.339 e. The molecule has 4 rings (SSSR count). The molecule has 0 aliphatic carbocycles. The number of imide groups is 1. The third-order valence-corrected chi connectivity index (χ3v) is 4.54. The van der Waals surface area contributed by atoms with Crippen LogP contribution >= 0.6 is 0 Å². The molecule has 0 saturated carbocycles. The molecule has 3 amide bonds. The second-order valence-corrected chi connectivity index (χ2v) is 6.04. The van der Waals surface area contributed by atoms with E-state index >= 15 is 0 Å². The third kappa shape index (κ3) is 2.21. The average Bonchev–Trinajstić information content (AvgIpc) is 3.23. The first kappa shape index (κ1) is 14.6. The summed E-state index contributed by atoms with van der Waals surface area (Å²) in [5.74, 6) is -0.742. The summed E-state index contributed by atoms with van der Waals surface area (Å²) in [4.78, 5) is 40.6. The number of anilines is 1. The molecule has 0 unspecified atom stereocenters. The molecule has 2 aliphatic rings. The van der Waals surface area contributed by atoms with Crippen molar-refractivity contribution in [2.75, 3.05) is 18.0 Å². The molecule has 0 atom stereocenters. The second kappa shape index (κ2) is 5.60. The molecule has 2 heterocycles. The van der Waals surface area contributed by atoms with Crippen LogP contribution in [0.4, 0.5) is 5.69 Å². The highest BCUT2D eigenvalue weighted by Crippen LogP contribution is 2.29. The number of nitrogens with zero attached hydrogens (tertiary/aromatic N) is 2. The van der Waals surface area contributed by atoms with Crippen LogP contribution < -0.4 is 4.90 Å². The van der Waals surface area contributed by atoms with Crippen molar-refractivity contribution < 1.29 is 14.4 Å². The zero-order chi connectivity index (χ0) is 16.7. The Kier molecular flexibility index (Phi) is 3.41. The average molecular weight is 320 g/mol. The fraction of sp³-hybridized carbons (Fsp3) is 0.211. The van der Waals surface area contributed by atoms with Crippen molar-refractivity contribution in [3.63, 3.8) is 0 Å². The molecule has 24 heavy (non-hydrogen) atoms. The van der Waals surface area contributed by atoms with Gasteiger partial charge in [-0.3, -0.25) is 14.4 Å². The van der Waals surface area contributed by atoms with Crippen LogP contribution in [-0.4, -0.2) is 35.7 Å². The van der Waals surface area contributed by atoms with Crippen LogP contribution in [-0.2, 0) is 0 Å². The molecule has 2 aromatic carbocycles. The first-order valence-corrected chi connectivity index (χ1v) is 8.04. The summed E-state index contributed by atoms with van der Waals surface area (Å²) in [6.07, 6.45) is 2.04. The van der Waals surface area contributed by atoms with Crippen LogP contribution in [0.3, 0.4) is 0 Å². The normalized spacial score (nSPS) is 16.7. The van der Waals surface area contributed by atoms with E-state index in [-0.39, 0.29) is 17.7 Å². The van der Waals surface area contributed by atoms with E-state index in [0.29, 0.717) is 22.4 Å². The minimum atomic E-state index is -0.346. The van der Waals surface area contributed by atoms with E-state index in [2.05, 4.69) is 0 Å². The van der Waals surface area contributed by atoms with Crippen molar-refractivity contribution in [2.24, 2.45) is 0 Å². The van der Waals surface area contributed by atoms with E-state index in [1.54, 1.807) is 48.5 Å². The van der Waals surface area contributed by atoms with E-state index < -0.39 is 0 Å². The fourth-order valence-electron chi connectivity index (χ4n) is 3.30. The smallest absolute Gasteiger partial charge is 0.266 e. The van der Waals surface area contributed by atoms with Gasteiger partial charge in [0.05, 0.1) is 16.8 Å². The highest BCUT2D eigenvalue weighted by Gasteiger charge is 2.36. The third-order valence-electron chi connectivity index (χ3n) is 4.54. The van der Waals surface area contributed by atoms with Crippen molar-refractivity contribution in [1.29, 1.82) is 0 Å². The van der Waals surface area contributed by atoms with Gasteiger partial charge in [-0.15, -0.1) is 0 Å². The Bertz CT molecular complexity index is 818. The number of hydrogen-bond acceptors (Lipinski definition) is 3. The van der Waals surface area contributed by atoms with Crippen LogP contribution in [0, 0.1) is 0 Å². The molecule has 120 valence electrons. The Morgan fingerprint density at radius 1 is 0.833 bits per heavy atom. The van der Waals surface area contributed by atoms with Crippen LogP contribution in [0.15, 0.2) is 48.5 Å². The quantitative estimate of drug-likeness (QED) is 0.800. The van der Waals surface area contributed by atoms with Crippen LogP contribution in [0.2, 0.25) is 0 Å². The van der Waals surface area contributed by atoms with Gasteiger partial charge in [0.1, 0.15) is 0 Å². The molecule has 0 N–H and O–H groups in total. The van der Waals surface area contributed by atoms with Gasteiger partial charge in [-0.1, -0.05) is 18.2 Å². The van der Waals surface area contributed by atoms with E-state index in [0.717, 1.165) is 30.8 Å². The molecule has 1 fully saturated rings. The van der Waals surface area contributed by atoms with Crippen LogP contribution in [0.1, 0.15) is 43.9 Å². The predicted octanol–water partition coefficient (Wildman–Crippen LogP) is 2.72. The lowest BCUT2D eigenvalue weighted by molar-refractivity contribution is 0.0791. The van der Waals surface area contributed by atoms with Gasteiger partial charge in [0.15, 0.2) is 0 Å². The lowest BCUT2D eigenvalue weighted by Gasteiger charge is -2.18. The van der Waals surface area contributed by atoms with Gasteiger partial charge in [-0.05, 0) is 43.2 Å². The number of carbonyl (C=O) groups excluding carboxylic acids is 3. The van der Waals surface area contributed by atoms with Gasteiger partial charge in [0, 0.05) is 18.7 Å². The van der Waals surface area contributed by atoms with Gasteiger partial charge >= 0.3 is 0 Å². The van der Waals surface area contributed by atoms with Crippen molar-refractivity contribution in [3.05, 3.63) is 65.2 Å². The molecule has 0 radical (unpaired) electrons. The molecule has 0 bridgehead atoms. The summed E-state index contributed by atoms with van der Waals surface area (Å²) < 4.78 is 0.